The second-order valence-electron chi connectivity index (χ2n) is 6.58. The van der Waals surface area contributed by atoms with Gasteiger partial charge in [-0.15, -0.1) is 0 Å². The third kappa shape index (κ3) is 2.51. The molecule has 0 saturated carbocycles. The number of benzene rings is 2. The highest BCUT2D eigenvalue weighted by atomic mass is 15.2. The van der Waals surface area contributed by atoms with Crippen LogP contribution in [0.4, 0.5) is 0 Å². The molecule has 1 unspecified atom stereocenters. The molecule has 0 radical (unpaired) electrons. The Morgan fingerprint density at radius 1 is 0.762 bits per heavy atom. The van der Waals surface area contributed by atoms with Crippen LogP contribution in [0.15, 0.2) is 60.7 Å². The van der Waals surface area contributed by atoms with Crippen LogP contribution in [-0.2, 0) is 0 Å². The van der Waals surface area contributed by atoms with Crippen LogP contribution in [0.25, 0.3) is 0 Å². The highest BCUT2D eigenvalue weighted by molar-refractivity contribution is 5.34. The summed E-state index contributed by atoms with van der Waals surface area (Å²) in [7, 11) is 0. The van der Waals surface area contributed by atoms with Gasteiger partial charge in [0.1, 0.15) is 0 Å². The first kappa shape index (κ1) is 13.1. The second kappa shape index (κ2) is 5.65. The molecule has 0 N–H and O–H groups in total. The van der Waals surface area contributed by atoms with E-state index in [0.717, 1.165) is 5.92 Å². The molecule has 0 aromatic heterocycles. The van der Waals surface area contributed by atoms with Crippen LogP contribution in [0.2, 0.25) is 0 Å². The minimum atomic E-state index is 0.524. The van der Waals surface area contributed by atoms with Crippen LogP contribution in [0.1, 0.15) is 36.3 Å². The van der Waals surface area contributed by atoms with Crippen LogP contribution in [-0.4, -0.2) is 24.0 Å². The summed E-state index contributed by atoms with van der Waals surface area (Å²) in [5, 5.41) is 0. The van der Waals surface area contributed by atoms with E-state index in [9.17, 15) is 0 Å². The molecule has 2 aromatic carbocycles. The third-order valence-corrected chi connectivity index (χ3v) is 5.40. The fraction of sp³-hybridized carbons (Fsp3) is 0.400. The van der Waals surface area contributed by atoms with E-state index >= 15 is 0 Å². The van der Waals surface area contributed by atoms with Crippen LogP contribution < -0.4 is 0 Å². The van der Waals surface area contributed by atoms with Crippen molar-refractivity contribution in [1.29, 1.82) is 0 Å². The molecule has 1 nitrogen and oxygen atoms in total. The SMILES string of the molecule is c1ccc(C(c2ccccc2)C2CC3CCN2CC3)cc1. The van der Waals surface area contributed by atoms with Crippen LogP contribution in [0, 0.1) is 5.92 Å². The predicted molar refractivity (Wildman–Crippen MR) is 87.4 cm³/mol. The number of rotatable bonds is 3. The molecule has 1 atom stereocenters. The van der Waals surface area contributed by atoms with Crippen molar-refractivity contribution in [1.82, 2.24) is 4.90 Å². The van der Waals surface area contributed by atoms with Crippen molar-refractivity contribution in [3.63, 3.8) is 0 Å². The van der Waals surface area contributed by atoms with Crippen LogP contribution >= 0.6 is 0 Å². The molecule has 5 rings (SSSR count). The van der Waals surface area contributed by atoms with Gasteiger partial charge < -0.3 is 0 Å². The molecule has 3 aliphatic heterocycles. The summed E-state index contributed by atoms with van der Waals surface area (Å²) in [5.41, 5.74) is 2.95. The summed E-state index contributed by atoms with van der Waals surface area (Å²) < 4.78 is 0. The summed E-state index contributed by atoms with van der Waals surface area (Å²) in [6, 6.07) is 22.9. The quantitative estimate of drug-likeness (QED) is 0.808. The molecule has 0 aliphatic carbocycles. The lowest BCUT2D eigenvalue weighted by Crippen LogP contribution is -2.51. The Labute approximate surface area is 127 Å². The average Bonchev–Trinajstić information content (AvgIpc) is 2.58. The van der Waals surface area contributed by atoms with E-state index in [4.69, 9.17) is 0 Å². The first-order chi connectivity index (χ1) is 10.4. The van der Waals surface area contributed by atoms with Gasteiger partial charge in [-0.2, -0.15) is 0 Å². The average molecular weight is 277 g/mol. The van der Waals surface area contributed by atoms with Crippen molar-refractivity contribution >= 4 is 0 Å². The van der Waals surface area contributed by atoms with Gasteiger partial charge in [-0.3, -0.25) is 4.90 Å². The van der Waals surface area contributed by atoms with Gasteiger partial charge in [-0.05, 0) is 49.4 Å². The van der Waals surface area contributed by atoms with E-state index in [1.54, 1.807) is 0 Å². The molecule has 21 heavy (non-hydrogen) atoms. The van der Waals surface area contributed by atoms with E-state index in [0.29, 0.717) is 12.0 Å². The molecule has 3 heterocycles. The second-order valence-corrected chi connectivity index (χ2v) is 6.58. The predicted octanol–water partition coefficient (Wildman–Crippen LogP) is 4.30. The fourth-order valence-corrected chi connectivity index (χ4v) is 4.32. The lowest BCUT2D eigenvalue weighted by atomic mass is 9.74. The standard InChI is InChI=1S/C20H23N/c1-3-7-17(8-4-1)20(18-9-5-2-6-10-18)19-15-16-11-13-21(19)14-12-16/h1-10,16,19-20H,11-15H2. The maximum absolute atomic E-state index is 2.74. The molecule has 3 fully saturated rings. The fourth-order valence-electron chi connectivity index (χ4n) is 4.32. The largest absolute Gasteiger partial charge is 0.299 e. The van der Waals surface area contributed by atoms with E-state index in [1.165, 1.54) is 43.5 Å². The summed E-state index contributed by atoms with van der Waals surface area (Å²) in [6.07, 6.45) is 4.19. The van der Waals surface area contributed by atoms with Crippen molar-refractivity contribution in [2.75, 3.05) is 13.1 Å². The van der Waals surface area contributed by atoms with Gasteiger partial charge in [0.25, 0.3) is 0 Å². The number of piperidine rings is 3. The van der Waals surface area contributed by atoms with E-state index < -0.39 is 0 Å². The first-order valence-corrected chi connectivity index (χ1v) is 8.26. The molecule has 1 heteroatoms. The van der Waals surface area contributed by atoms with Gasteiger partial charge in [0, 0.05) is 12.0 Å². The number of nitrogens with zero attached hydrogens (tertiary/aromatic N) is 1. The molecule has 2 aromatic rings. The molecule has 3 aliphatic rings. The third-order valence-electron chi connectivity index (χ3n) is 5.40. The number of hydrogen-bond acceptors (Lipinski definition) is 1. The molecule has 0 amide bonds. The highest BCUT2D eigenvalue weighted by Gasteiger charge is 2.38. The topological polar surface area (TPSA) is 3.24 Å². The molecular formula is C20H23N. The lowest BCUT2D eigenvalue weighted by Gasteiger charge is -2.48. The van der Waals surface area contributed by atoms with Crippen molar-refractivity contribution in [3.05, 3.63) is 71.8 Å². The maximum Gasteiger partial charge on any atom is 0.0245 e. The zero-order valence-electron chi connectivity index (χ0n) is 12.5. The highest BCUT2D eigenvalue weighted by Crippen LogP contribution is 2.41. The van der Waals surface area contributed by atoms with Crippen molar-refractivity contribution < 1.29 is 0 Å². The molecule has 3 saturated heterocycles. The maximum atomic E-state index is 2.74. The summed E-state index contributed by atoms with van der Waals surface area (Å²) in [5.74, 6) is 1.48. The Kier molecular flexibility index (Phi) is 3.52. The Morgan fingerprint density at radius 3 is 1.71 bits per heavy atom. The number of hydrogen-bond donors (Lipinski definition) is 0. The van der Waals surface area contributed by atoms with Crippen LogP contribution in [0.3, 0.4) is 0 Å². The van der Waals surface area contributed by atoms with Gasteiger partial charge in [0.15, 0.2) is 0 Å². The van der Waals surface area contributed by atoms with E-state index in [2.05, 4.69) is 65.6 Å². The monoisotopic (exact) mass is 277 g/mol. The van der Waals surface area contributed by atoms with Gasteiger partial charge in [0.2, 0.25) is 0 Å². The lowest BCUT2D eigenvalue weighted by molar-refractivity contribution is 0.0411. The van der Waals surface area contributed by atoms with Gasteiger partial charge in [0.05, 0.1) is 0 Å². The van der Waals surface area contributed by atoms with E-state index in [-0.39, 0.29) is 0 Å². The minimum Gasteiger partial charge on any atom is -0.299 e. The molecule has 108 valence electrons. The summed E-state index contributed by atoms with van der Waals surface area (Å²) in [6.45, 7) is 2.59. The van der Waals surface area contributed by atoms with E-state index in [1.807, 2.05) is 0 Å². The Hall–Kier alpha value is -1.60. The van der Waals surface area contributed by atoms with Crippen molar-refractivity contribution in [3.8, 4) is 0 Å². The molecular weight excluding hydrogens is 254 g/mol. The Bertz CT molecular complexity index is 530. The van der Waals surface area contributed by atoms with Crippen molar-refractivity contribution in [2.45, 2.75) is 31.2 Å². The van der Waals surface area contributed by atoms with Gasteiger partial charge in [-0.25, -0.2) is 0 Å². The molecule has 0 spiro atoms. The van der Waals surface area contributed by atoms with Gasteiger partial charge in [-0.1, -0.05) is 60.7 Å². The van der Waals surface area contributed by atoms with Crippen LogP contribution in [0.5, 0.6) is 0 Å². The summed E-state index contributed by atoms with van der Waals surface area (Å²) >= 11 is 0. The van der Waals surface area contributed by atoms with Gasteiger partial charge >= 0.3 is 0 Å². The first-order valence-electron chi connectivity index (χ1n) is 8.26. The van der Waals surface area contributed by atoms with Crippen molar-refractivity contribution in [2.24, 2.45) is 5.92 Å². The molecule has 2 bridgehead atoms. The Balaban J connectivity index is 1.74. The Morgan fingerprint density at radius 2 is 1.29 bits per heavy atom. The smallest absolute Gasteiger partial charge is 0.0245 e. The normalized spacial score (nSPS) is 28.0. The zero-order valence-corrected chi connectivity index (χ0v) is 12.5. The number of fused-ring (bicyclic) bond motifs is 3. The zero-order chi connectivity index (χ0) is 14.1. The summed E-state index contributed by atoms with van der Waals surface area (Å²) in [4.78, 5) is 2.74. The minimum absolute atomic E-state index is 0.524.